The third-order valence-electron chi connectivity index (χ3n) is 3.88. The maximum atomic E-state index is 12.7. The molecule has 1 N–H and O–H groups in total. The van der Waals surface area contributed by atoms with Crippen LogP contribution in [0, 0.1) is 13.8 Å². The zero-order valence-electron chi connectivity index (χ0n) is 13.7. The number of fused-ring (bicyclic) bond motifs is 1. The Morgan fingerprint density at radius 3 is 2.80 bits per heavy atom. The van der Waals surface area contributed by atoms with Gasteiger partial charge in [-0.1, -0.05) is 0 Å². The van der Waals surface area contributed by atoms with E-state index in [-0.39, 0.29) is 5.91 Å². The lowest BCUT2D eigenvalue weighted by molar-refractivity contribution is 0.102. The summed E-state index contributed by atoms with van der Waals surface area (Å²) in [5.41, 5.74) is 4.10. The van der Waals surface area contributed by atoms with Gasteiger partial charge in [0.15, 0.2) is 0 Å². The minimum absolute atomic E-state index is 0.186. The molecule has 0 aliphatic heterocycles. The molecule has 0 fully saturated rings. The normalized spacial score (nSPS) is 11.0. The van der Waals surface area contributed by atoms with Gasteiger partial charge in [-0.25, -0.2) is 4.52 Å². The number of hydrogen-bond acceptors (Lipinski definition) is 5. The summed E-state index contributed by atoms with van der Waals surface area (Å²) in [6, 6.07) is 5.79. The fraction of sp³-hybridized carbons (Fsp3) is 0.111. The van der Waals surface area contributed by atoms with Crippen molar-refractivity contribution in [2.75, 3.05) is 5.32 Å². The minimum atomic E-state index is -0.186. The average molecular weight is 349 g/mol. The number of carbonyl (C=O) groups is 1. The summed E-state index contributed by atoms with van der Waals surface area (Å²) < 4.78 is 1.73. The Morgan fingerprint density at radius 2 is 2.00 bits per heavy atom. The number of hydrogen-bond donors (Lipinski definition) is 1. The summed E-state index contributed by atoms with van der Waals surface area (Å²) in [4.78, 5) is 22.9. The van der Waals surface area contributed by atoms with E-state index in [9.17, 15) is 4.79 Å². The number of nitrogens with one attached hydrogen (secondary N) is 1. The summed E-state index contributed by atoms with van der Waals surface area (Å²) in [6.45, 7) is 3.82. The molecule has 0 bridgehead atoms. The largest absolute Gasteiger partial charge is 0.320 e. The van der Waals surface area contributed by atoms with Crippen LogP contribution in [0.1, 0.15) is 21.6 Å². The Bertz CT molecular complexity index is 1070. The first-order valence-electron chi connectivity index (χ1n) is 7.74. The fourth-order valence-electron chi connectivity index (χ4n) is 2.55. The molecule has 124 valence electrons. The lowest BCUT2D eigenvalue weighted by atomic mass is 10.2. The van der Waals surface area contributed by atoms with E-state index < -0.39 is 0 Å². The van der Waals surface area contributed by atoms with Crippen molar-refractivity contribution in [1.29, 1.82) is 0 Å². The smallest absolute Gasteiger partial charge is 0.260 e. The molecule has 0 aliphatic carbocycles. The molecular weight excluding hydrogens is 334 g/mol. The van der Waals surface area contributed by atoms with Crippen LogP contribution >= 0.6 is 11.3 Å². The number of aromatic nitrogens is 4. The van der Waals surface area contributed by atoms with E-state index in [4.69, 9.17) is 0 Å². The van der Waals surface area contributed by atoms with Gasteiger partial charge in [-0.2, -0.15) is 5.10 Å². The van der Waals surface area contributed by atoms with E-state index in [1.165, 1.54) is 11.3 Å². The topological polar surface area (TPSA) is 72.2 Å². The van der Waals surface area contributed by atoms with Crippen molar-refractivity contribution in [3.63, 3.8) is 0 Å². The second kappa shape index (κ2) is 6.10. The second-order valence-electron chi connectivity index (χ2n) is 5.74. The van der Waals surface area contributed by atoms with Crippen LogP contribution < -0.4 is 5.32 Å². The fourth-order valence-corrected chi connectivity index (χ4v) is 3.61. The van der Waals surface area contributed by atoms with E-state index in [1.54, 1.807) is 29.3 Å². The maximum absolute atomic E-state index is 12.7. The molecule has 25 heavy (non-hydrogen) atoms. The quantitative estimate of drug-likeness (QED) is 0.612. The molecule has 0 unspecified atom stereocenters. The van der Waals surface area contributed by atoms with Crippen molar-refractivity contribution < 1.29 is 4.79 Å². The predicted molar refractivity (Wildman–Crippen MR) is 98.0 cm³/mol. The van der Waals surface area contributed by atoms with Gasteiger partial charge in [-0.15, -0.1) is 11.3 Å². The molecule has 0 atom stereocenters. The number of thiazole rings is 1. The van der Waals surface area contributed by atoms with E-state index in [0.717, 1.165) is 32.2 Å². The highest BCUT2D eigenvalue weighted by Gasteiger charge is 2.17. The van der Waals surface area contributed by atoms with Gasteiger partial charge >= 0.3 is 0 Å². The van der Waals surface area contributed by atoms with Crippen LogP contribution in [0.4, 0.5) is 5.69 Å². The van der Waals surface area contributed by atoms with Gasteiger partial charge in [0, 0.05) is 24.8 Å². The Hall–Kier alpha value is -3.06. The van der Waals surface area contributed by atoms with Gasteiger partial charge in [0.2, 0.25) is 0 Å². The monoisotopic (exact) mass is 349 g/mol. The Labute approximate surface area is 148 Å². The first-order valence-corrected chi connectivity index (χ1v) is 8.55. The van der Waals surface area contributed by atoms with Crippen molar-refractivity contribution in [2.45, 2.75) is 13.8 Å². The van der Waals surface area contributed by atoms with Gasteiger partial charge in [0.25, 0.3) is 5.91 Å². The summed E-state index contributed by atoms with van der Waals surface area (Å²) >= 11 is 1.53. The SMILES string of the molecule is Cc1cnc(C)c(NC(=O)c2cnn3cc(-c4ccncc4)sc23)c1. The van der Waals surface area contributed by atoms with Crippen LogP contribution in [0.2, 0.25) is 0 Å². The number of amides is 1. The minimum Gasteiger partial charge on any atom is -0.320 e. The van der Waals surface area contributed by atoms with Gasteiger partial charge < -0.3 is 5.32 Å². The highest BCUT2D eigenvalue weighted by Crippen LogP contribution is 2.30. The molecule has 4 heterocycles. The summed E-state index contributed by atoms with van der Waals surface area (Å²) in [5.74, 6) is -0.186. The highest BCUT2D eigenvalue weighted by atomic mass is 32.1. The van der Waals surface area contributed by atoms with Crippen LogP contribution in [0.5, 0.6) is 0 Å². The molecule has 6 nitrogen and oxygen atoms in total. The van der Waals surface area contributed by atoms with E-state index >= 15 is 0 Å². The van der Waals surface area contributed by atoms with Gasteiger partial charge in [0.1, 0.15) is 4.83 Å². The molecule has 0 saturated carbocycles. The van der Waals surface area contributed by atoms with Gasteiger partial charge in [-0.05, 0) is 43.2 Å². The van der Waals surface area contributed by atoms with Crippen LogP contribution in [-0.2, 0) is 0 Å². The standard InChI is InChI=1S/C18H15N5OS/c1-11-7-15(12(2)20-8-11)22-17(24)14-9-21-23-10-16(25-18(14)23)13-3-5-19-6-4-13/h3-10H,1-2H3,(H,22,24). The number of carbonyl (C=O) groups excluding carboxylic acids is 1. The van der Waals surface area contributed by atoms with Crippen molar-refractivity contribution in [2.24, 2.45) is 0 Å². The average Bonchev–Trinajstić information content (AvgIpc) is 3.19. The molecule has 0 saturated heterocycles. The molecule has 4 rings (SSSR count). The van der Waals surface area contributed by atoms with Crippen molar-refractivity contribution >= 4 is 27.8 Å². The van der Waals surface area contributed by atoms with Crippen molar-refractivity contribution in [1.82, 2.24) is 19.6 Å². The molecule has 7 heteroatoms. The summed E-state index contributed by atoms with van der Waals surface area (Å²) in [6.07, 6.45) is 8.79. The molecule has 0 aromatic carbocycles. The predicted octanol–water partition coefficient (Wildman–Crippen LogP) is 3.72. The lowest BCUT2D eigenvalue weighted by Gasteiger charge is -2.07. The second-order valence-corrected chi connectivity index (χ2v) is 6.77. The third-order valence-corrected chi connectivity index (χ3v) is 5.04. The first kappa shape index (κ1) is 15.5. The maximum Gasteiger partial charge on any atom is 0.260 e. The number of aryl methyl sites for hydroxylation is 2. The van der Waals surface area contributed by atoms with E-state index in [2.05, 4.69) is 20.4 Å². The first-order chi connectivity index (χ1) is 12.1. The zero-order valence-corrected chi connectivity index (χ0v) is 14.5. The molecule has 4 aromatic rings. The summed E-state index contributed by atoms with van der Waals surface area (Å²) in [7, 11) is 0. The third kappa shape index (κ3) is 2.89. The van der Waals surface area contributed by atoms with E-state index in [1.807, 2.05) is 38.2 Å². The Balaban J connectivity index is 1.68. The van der Waals surface area contributed by atoms with Crippen LogP contribution in [0.15, 0.2) is 49.2 Å². The number of pyridine rings is 2. The summed E-state index contributed by atoms with van der Waals surface area (Å²) in [5, 5.41) is 7.24. The van der Waals surface area contributed by atoms with Crippen LogP contribution in [0.3, 0.4) is 0 Å². The van der Waals surface area contributed by atoms with Crippen LogP contribution in [-0.4, -0.2) is 25.5 Å². The molecule has 0 aliphatic rings. The number of rotatable bonds is 3. The van der Waals surface area contributed by atoms with E-state index in [0.29, 0.717) is 5.56 Å². The van der Waals surface area contributed by atoms with Crippen molar-refractivity contribution in [3.8, 4) is 10.4 Å². The highest BCUT2D eigenvalue weighted by molar-refractivity contribution is 7.21. The molecule has 1 amide bonds. The molecule has 4 aromatic heterocycles. The van der Waals surface area contributed by atoms with Crippen molar-refractivity contribution in [3.05, 3.63) is 66.0 Å². The van der Waals surface area contributed by atoms with Crippen LogP contribution in [0.25, 0.3) is 15.3 Å². The molecule has 0 radical (unpaired) electrons. The lowest BCUT2D eigenvalue weighted by Crippen LogP contribution is -2.12. The van der Waals surface area contributed by atoms with Gasteiger partial charge in [0.05, 0.1) is 28.0 Å². The Kier molecular flexibility index (Phi) is 3.77. The molecular formula is C18H15N5OS. The zero-order chi connectivity index (χ0) is 17.4. The van der Waals surface area contributed by atoms with Gasteiger partial charge in [-0.3, -0.25) is 14.8 Å². The Morgan fingerprint density at radius 1 is 1.20 bits per heavy atom. The molecule has 0 spiro atoms. The number of anilines is 1. The number of nitrogens with zero attached hydrogens (tertiary/aromatic N) is 4.